The number of benzene rings is 2. The van der Waals surface area contributed by atoms with Gasteiger partial charge >= 0.3 is 0 Å². The first-order chi connectivity index (χ1) is 12.6. The van der Waals surface area contributed by atoms with E-state index in [2.05, 4.69) is 4.99 Å². The molecule has 1 aliphatic heterocycles. The van der Waals surface area contributed by atoms with Crippen molar-refractivity contribution >= 4 is 46.2 Å². The molecular formula is C20H19ClN2O2S. The van der Waals surface area contributed by atoms with E-state index in [0.29, 0.717) is 21.6 Å². The second kappa shape index (κ2) is 8.43. The number of hydrogen-bond donors (Lipinski definition) is 0. The maximum Gasteiger partial charge on any atom is 0.266 e. The Morgan fingerprint density at radius 2 is 1.85 bits per heavy atom. The summed E-state index contributed by atoms with van der Waals surface area (Å²) in [6.07, 6.45) is 2.74. The summed E-state index contributed by atoms with van der Waals surface area (Å²) in [6.45, 7) is 2.68. The van der Waals surface area contributed by atoms with E-state index in [1.165, 1.54) is 11.8 Å². The van der Waals surface area contributed by atoms with Crippen molar-refractivity contribution < 1.29 is 9.53 Å². The van der Waals surface area contributed by atoms with Crippen LogP contribution in [0.25, 0.3) is 6.08 Å². The highest BCUT2D eigenvalue weighted by molar-refractivity contribution is 8.18. The van der Waals surface area contributed by atoms with E-state index in [9.17, 15) is 4.79 Å². The predicted octanol–water partition coefficient (Wildman–Crippen LogP) is 5.36. The van der Waals surface area contributed by atoms with Crippen LogP contribution in [0.1, 0.15) is 18.9 Å². The van der Waals surface area contributed by atoms with Gasteiger partial charge in [0.05, 0.1) is 17.7 Å². The van der Waals surface area contributed by atoms with Crippen molar-refractivity contribution in [1.82, 2.24) is 4.90 Å². The average Bonchev–Trinajstić information content (AvgIpc) is 2.93. The molecule has 0 aromatic heterocycles. The Labute approximate surface area is 162 Å². The molecule has 0 unspecified atom stereocenters. The van der Waals surface area contributed by atoms with Crippen LogP contribution >= 0.6 is 23.4 Å². The molecular weight excluding hydrogens is 368 g/mol. The van der Waals surface area contributed by atoms with Crippen molar-refractivity contribution in [2.45, 2.75) is 13.3 Å². The largest absolute Gasteiger partial charge is 0.497 e. The van der Waals surface area contributed by atoms with Crippen LogP contribution in [-0.4, -0.2) is 29.6 Å². The quantitative estimate of drug-likeness (QED) is 0.649. The first-order valence-electron chi connectivity index (χ1n) is 8.30. The number of carbonyl (C=O) groups is 1. The molecule has 26 heavy (non-hydrogen) atoms. The lowest BCUT2D eigenvalue weighted by Gasteiger charge is -2.14. The number of hydrogen-bond acceptors (Lipinski definition) is 4. The smallest absolute Gasteiger partial charge is 0.266 e. The van der Waals surface area contributed by atoms with Gasteiger partial charge in [-0.2, -0.15) is 0 Å². The number of thioether (sulfide) groups is 1. The van der Waals surface area contributed by atoms with Crippen molar-refractivity contribution in [2.24, 2.45) is 4.99 Å². The lowest BCUT2D eigenvalue weighted by molar-refractivity contribution is -0.122. The van der Waals surface area contributed by atoms with Gasteiger partial charge in [0.25, 0.3) is 5.91 Å². The van der Waals surface area contributed by atoms with Gasteiger partial charge in [-0.1, -0.05) is 30.7 Å². The molecule has 0 spiro atoms. The van der Waals surface area contributed by atoms with Crippen molar-refractivity contribution in [3.63, 3.8) is 0 Å². The highest BCUT2D eigenvalue weighted by Crippen LogP contribution is 2.34. The number of aliphatic imine (C=N–C) groups is 1. The Morgan fingerprint density at radius 3 is 2.46 bits per heavy atom. The van der Waals surface area contributed by atoms with E-state index in [1.54, 1.807) is 12.0 Å². The zero-order chi connectivity index (χ0) is 18.5. The number of nitrogens with zero attached hydrogens (tertiary/aromatic N) is 2. The molecule has 3 rings (SSSR count). The van der Waals surface area contributed by atoms with Crippen molar-refractivity contribution in [3.05, 3.63) is 64.0 Å². The minimum atomic E-state index is -0.0148. The molecule has 1 heterocycles. The molecule has 134 valence electrons. The molecule has 1 aliphatic rings. The zero-order valence-electron chi connectivity index (χ0n) is 14.6. The van der Waals surface area contributed by atoms with E-state index >= 15 is 0 Å². The van der Waals surface area contributed by atoms with Gasteiger partial charge in [-0.15, -0.1) is 0 Å². The third-order valence-corrected chi connectivity index (χ3v) is 5.06. The summed E-state index contributed by atoms with van der Waals surface area (Å²) in [5, 5.41) is 1.37. The van der Waals surface area contributed by atoms with Crippen LogP contribution in [0.4, 0.5) is 5.69 Å². The molecule has 0 atom stereocenters. The van der Waals surface area contributed by atoms with Crippen LogP contribution in [0.2, 0.25) is 5.02 Å². The Kier molecular flexibility index (Phi) is 6.01. The summed E-state index contributed by atoms with van der Waals surface area (Å²) in [5.41, 5.74) is 1.72. The van der Waals surface area contributed by atoms with Gasteiger partial charge in [0.1, 0.15) is 5.75 Å². The van der Waals surface area contributed by atoms with E-state index in [0.717, 1.165) is 23.4 Å². The maximum absolute atomic E-state index is 12.8. The monoisotopic (exact) mass is 386 g/mol. The van der Waals surface area contributed by atoms with Gasteiger partial charge < -0.3 is 4.74 Å². The SMILES string of the molecule is CCCN1C(=O)/C(=C/c2ccc(Cl)cc2)SC1=Nc1ccc(OC)cc1. The van der Waals surface area contributed by atoms with Gasteiger partial charge in [-0.05, 0) is 66.2 Å². The van der Waals surface area contributed by atoms with E-state index < -0.39 is 0 Å². The molecule has 0 N–H and O–H groups in total. The lowest BCUT2D eigenvalue weighted by Crippen LogP contribution is -2.29. The zero-order valence-corrected chi connectivity index (χ0v) is 16.2. The first kappa shape index (κ1) is 18.5. The molecule has 0 bridgehead atoms. The van der Waals surface area contributed by atoms with Gasteiger partial charge in [-0.3, -0.25) is 9.69 Å². The standard InChI is InChI=1S/C20H19ClN2O2S/c1-3-12-23-19(24)18(13-14-4-6-15(21)7-5-14)26-20(23)22-16-8-10-17(25-2)11-9-16/h4-11,13H,3,12H2,1-2H3/b18-13-,22-20?. The molecule has 2 aromatic rings. The predicted molar refractivity (Wildman–Crippen MR) is 109 cm³/mol. The number of amidine groups is 1. The summed E-state index contributed by atoms with van der Waals surface area (Å²) in [6, 6.07) is 14.9. The van der Waals surface area contributed by atoms with Crippen LogP contribution in [0.3, 0.4) is 0 Å². The second-order valence-electron chi connectivity index (χ2n) is 5.71. The van der Waals surface area contributed by atoms with E-state index in [1.807, 2.05) is 61.5 Å². The normalized spacial score (nSPS) is 17.3. The molecule has 6 heteroatoms. The van der Waals surface area contributed by atoms with Gasteiger partial charge in [0.2, 0.25) is 0 Å². The van der Waals surface area contributed by atoms with Crippen molar-refractivity contribution in [1.29, 1.82) is 0 Å². The van der Waals surface area contributed by atoms with Crippen LogP contribution < -0.4 is 4.74 Å². The summed E-state index contributed by atoms with van der Waals surface area (Å²) in [5.74, 6) is 0.761. The fourth-order valence-electron chi connectivity index (χ4n) is 2.49. The Bertz CT molecular complexity index is 845. The molecule has 0 aliphatic carbocycles. The third-order valence-electron chi connectivity index (χ3n) is 3.80. The van der Waals surface area contributed by atoms with Crippen molar-refractivity contribution in [2.75, 3.05) is 13.7 Å². The molecule has 4 nitrogen and oxygen atoms in total. The summed E-state index contributed by atoms with van der Waals surface area (Å²) >= 11 is 7.32. The van der Waals surface area contributed by atoms with Crippen LogP contribution in [0.5, 0.6) is 5.75 Å². The number of rotatable bonds is 5. The van der Waals surface area contributed by atoms with Gasteiger partial charge in [0, 0.05) is 11.6 Å². The van der Waals surface area contributed by atoms with Gasteiger partial charge in [-0.25, -0.2) is 4.99 Å². The minimum absolute atomic E-state index is 0.0148. The Balaban J connectivity index is 1.90. The highest BCUT2D eigenvalue weighted by atomic mass is 35.5. The van der Waals surface area contributed by atoms with Crippen LogP contribution in [0, 0.1) is 0 Å². The maximum atomic E-state index is 12.8. The minimum Gasteiger partial charge on any atom is -0.497 e. The molecule has 1 amide bonds. The molecule has 0 radical (unpaired) electrons. The topological polar surface area (TPSA) is 41.9 Å². The average molecular weight is 387 g/mol. The lowest BCUT2D eigenvalue weighted by atomic mass is 10.2. The Hall–Kier alpha value is -2.24. The fourth-order valence-corrected chi connectivity index (χ4v) is 3.64. The highest BCUT2D eigenvalue weighted by Gasteiger charge is 2.32. The fraction of sp³-hybridized carbons (Fsp3) is 0.200. The Morgan fingerprint density at radius 1 is 1.15 bits per heavy atom. The number of methoxy groups -OCH3 is 1. The van der Waals surface area contributed by atoms with Crippen LogP contribution in [-0.2, 0) is 4.79 Å². The molecule has 0 saturated carbocycles. The third kappa shape index (κ3) is 4.29. The van der Waals surface area contributed by atoms with Gasteiger partial charge in [0.15, 0.2) is 5.17 Å². The van der Waals surface area contributed by atoms with E-state index in [4.69, 9.17) is 16.3 Å². The van der Waals surface area contributed by atoms with E-state index in [-0.39, 0.29) is 5.91 Å². The first-order valence-corrected chi connectivity index (χ1v) is 9.50. The number of ether oxygens (including phenoxy) is 1. The second-order valence-corrected chi connectivity index (χ2v) is 7.16. The summed E-state index contributed by atoms with van der Waals surface area (Å²) < 4.78 is 5.17. The van der Waals surface area contributed by atoms with Crippen molar-refractivity contribution in [3.8, 4) is 5.75 Å². The molecule has 2 aromatic carbocycles. The molecule has 1 fully saturated rings. The summed E-state index contributed by atoms with van der Waals surface area (Å²) in [4.78, 5) is 19.8. The number of amides is 1. The van der Waals surface area contributed by atoms with Crippen LogP contribution in [0.15, 0.2) is 58.4 Å². The number of halogens is 1. The number of carbonyl (C=O) groups excluding carboxylic acids is 1. The molecule has 1 saturated heterocycles. The summed E-state index contributed by atoms with van der Waals surface area (Å²) in [7, 11) is 1.63.